The molecular weight excluding hydrogens is 306 g/mol. The molecule has 0 spiro atoms. The van der Waals surface area contributed by atoms with Crippen LogP contribution in [-0.4, -0.2) is 51.6 Å². The smallest absolute Gasteiger partial charge is 0.231 e. The molecule has 2 atom stereocenters. The summed E-state index contributed by atoms with van der Waals surface area (Å²) in [6.07, 6.45) is 4.49. The highest BCUT2D eigenvalue weighted by Crippen LogP contribution is 2.40. The van der Waals surface area contributed by atoms with Crippen LogP contribution in [0.4, 0.5) is 0 Å². The summed E-state index contributed by atoms with van der Waals surface area (Å²) in [5.41, 5.74) is 2.37. The van der Waals surface area contributed by atoms with Crippen molar-refractivity contribution in [2.45, 2.75) is 38.1 Å². The Morgan fingerprint density at radius 1 is 1.33 bits per heavy atom. The van der Waals surface area contributed by atoms with Gasteiger partial charge in [-0.2, -0.15) is 10.1 Å². The van der Waals surface area contributed by atoms with E-state index >= 15 is 0 Å². The van der Waals surface area contributed by atoms with E-state index in [-0.39, 0.29) is 5.92 Å². The molecule has 0 radical (unpaired) electrons. The highest BCUT2D eigenvalue weighted by molar-refractivity contribution is 5.16. The van der Waals surface area contributed by atoms with E-state index < -0.39 is 0 Å². The summed E-state index contributed by atoms with van der Waals surface area (Å²) in [6.45, 7) is 5.59. The Hall–Kier alpha value is -1.73. The number of hydrogen-bond acceptors (Lipinski definition) is 6. The van der Waals surface area contributed by atoms with Crippen LogP contribution in [0, 0.1) is 12.8 Å². The largest absolute Gasteiger partial charge is 0.384 e. The fraction of sp³-hybridized carbons (Fsp3) is 0.706. The van der Waals surface area contributed by atoms with Crippen molar-refractivity contribution >= 4 is 0 Å². The molecule has 7 heteroatoms. The lowest BCUT2D eigenvalue weighted by Gasteiger charge is -2.14. The maximum Gasteiger partial charge on any atom is 0.231 e. The van der Waals surface area contributed by atoms with Crippen molar-refractivity contribution in [1.82, 2.24) is 24.8 Å². The summed E-state index contributed by atoms with van der Waals surface area (Å²) in [4.78, 5) is 7.12. The van der Waals surface area contributed by atoms with Gasteiger partial charge < -0.3 is 9.26 Å². The van der Waals surface area contributed by atoms with Gasteiger partial charge >= 0.3 is 0 Å². The molecule has 2 aromatic rings. The number of aromatic nitrogens is 4. The van der Waals surface area contributed by atoms with Crippen LogP contribution in [0.5, 0.6) is 0 Å². The van der Waals surface area contributed by atoms with Crippen molar-refractivity contribution in [3.63, 3.8) is 0 Å². The van der Waals surface area contributed by atoms with Gasteiger partial charge in [-0.05, 0) is 19.8 Å². The van der Waals surface area contributed by atoms with Crippen LogP contribution < -0.4 is 0 Å². The lowest BCUT2D eigenvalue weighted by molar-refractivity contribution is 0.142. The first-order valence-electron chi connectivity index (χ1n) is 8.68. The summed E-state index contributed by atoms with van der Waals surface area (Å²) < 4.78 is 12.9. The van der Waals surface area contributed by atoms with Gasteiger partial charge in [0.25, 0.3) is 0 Å². The SMILES string of the molecule is COC[C@@H]1CN(Cc2cn(C)nc2C)C[C@H]1c1nc(C2CC2)no1. The van der Waals surface area contributed by atoms with Gasteiger partial charge in [-0.3, -0.25) is 9.58 Å². The number of hydrogen-bond donors (Lipinski definition) is 0. The number of aryl methyl sites for hydroxylation is 2. The molecule has 4 rings (SSSR count). The predicted molar refractivity (Wildman–Crippen MR) is 87.6 cm³/mol. The Balaban J connectivity index is 1.49. The van der Waals surface area contributed by atoms with Gasteiger partial charge in [0.05, 0.1) is 18.2 Å². The van der Waals surface area contributed by atoms with E-state index in [2.05, 4.69) is 33.3 Å². The molecule has 2 aliphatic rings. The normalized spacial score (nSPS) is 24.8. The van der Waals surface area contributed by atoms with E-state index in [0.717, 1.165) is 37.0 Å². The van der Waals surface area contributed by atoms with Crippen molar-refractivity contribution < 1.29 is 9.26 Å². The van der Waals surface area contributed by atoms with Crippen LogP contribution in [-0.2, 0) is 18.3 Å². The van der Waals surface area contributed by atoms with Crippen LogP contribution in [0.1, 0.15) is 47.6 Å². The van der Waals surface area contributed by atoms with E-state index in [9.17, 15) is 0 Å². The third-order valence-electron chi connectivity index (χ3n) is 5.12. The summed E-state index contributed by atoms with van der Waals surface area (Å²) in [5.74, 6) is 2.84. The molecule has 2 aromatic heterocycles. The molecule has 1 aliphatic carbocycles. The third-order valence-corrected chi connectivity index (χ3v) is 5.12. The van der Waals surface area contributed by atoms with E-state index in [1.165, 1.54) is 18.4 Å². The monoisotopic (exact) mass is 331 g/mol. The minimum Gasteiger partial charge on any atom is -0.384 e. The summed E-state index contributed by atoms with van der Waals surface area (Å²) in [5, 5.41) is 8.62. The maximum absolute atomic E-state index is 5.59. The van der Waals surface area contributed by atoms with Gasteiger partial charge in [0.1, 0.15) is 0 Å². The van der Waals surface area contributed by atoms with Gasteiger partial charge in [0, 0.05) is 57.4 Å². The molecule has 0 amide bonds. The molecule has 1 saturated heterocycles. The average Bonchev–Trinajstić information content (AvgIpc) is 3.00. The molecule has 0 unspecified atom stereocenters. The molecule has 0 aromatic carbocycles. The van der Waals surface area contributed by atoms with E-state index in [4.69, 9.17) is 9.26 Å². The molecule has 1 aliphatic heterocycles. The van der Waals surface area contributed by atoms with Crippen molar-refractivity contribution in [1.29, 1.82) is 0 Å². The van der Waals surface area contributed by atoms with Crippen LogP contribution in [0.3, 0.4) is 0 Å². The average molecular weight is 331 g/mol. The zero-order chi connectivity index (χ0) is 16.7. The molecule has 0 N–H and O–H groups in total. The summed E-state index contributed by atoms with van der Waals surface area (Å²) in [7, 11) is 3.73. The molecule has 24 heavy (non-hydrogen) atoms. The van der Waals surface area contributed by atoms with Gasteiger partial charge in [0.2, 0.25) is 5.89 Å². The highest BCUT2D eigenvalue weighted by Gasteiger charge is 2.39. The van der Waals surface area contributed by atoms with E-state index in [1.54, 1.807) is 7.11 Å². The Bertz CT molecular complexity index is 706. The first kappa shape index (κ1) is 15.8. The van der Waals surface area contributed by atoms with Gasteiger partial charge in [0.15, 0.2) is 5.82 Å². The zero-order valence-corrected chi connectivity index (χ0v) is 14.6. The highest BCUT2D eigenvalue weighted by atomic mass is 16.5. The Labute approximate surface area is 142 Å². The topological polar surface area (TPSA) is 69.2 Å². The van der Waals surface area contributed by atoms with Crippen LogP contribution >= 0.6 is 0 Å². The van der Waals surface area contributed by atoms with Crippen LogP contribution in [0.25, 0.3) is 0 Å². The molecule has 3 heterocycles. The quantitative estimate of drug-likeness (QED) is 0.805. The predicted octanol–water partition coefficient (Wildman–Crippen LogP) is 1.85. The second-order valence-electron chi connectivity index (χ2n) is 7.19. The van der Waals surface area contributed by atoms with Crippen molar-refractivity contribution in [2.75, 3.05) is 26.8 Å². The number of nitrogens with zero attached hydrogens (tertiary/aromatic N) is 5. The number of rotatable bonds is 6. The third kappa shape index (κ3) is 3.10. The van der Waals surface area contributed by atoms with Crippen molar-refractivity contribution in [2.24, 2.45) is 13.0 Å². The Morgan fingerprint density at radius 2 is 2.17 bits per heavy atom. The zero-order valence-electron chi connectivity index (χ0n) is 14.6. The minimum atomic E-state index is 0.252. The number of methoxy groups -OCH3 is 1. The number of ether oxygens (including phenoxy) is 1. The lowest BCUT2D eigenvalue weighted by atomic mass is 9.97. The first-order valence-corrected chi connectivity index (χ1v) is 8.68. The fourth-order valence-electron chi connectivity index (χ4n) is 3.70. The lowest BCUT2D eigenvalue weighted by Crippen LogP contribution is -2.21. The molecule has 7 nitrogen and oxygen atoms in total. The van der Waals surface area contributed by atoms with E-state index in [1.807, 2.05) is 11.7 Å². The fourth-order valence-corrected chi connectivity index (χ4v) is 3.70. The molecule has 130 valence electrons. The van der Waals surface area contributed by atoms with Crippen LogP contribution in [0.2, 0.25) is 0 Å². The standard InChI is InChI=1S/C17H25N5O2/c1-11-13(6-21(2)19-11)7-22-8-14(10-23-3)15(9-22)17-18-16(20-24-17)12-4-5-12/h6,12,14-15H,4-5,7-10H2,1-3H3/t14-,15+/m0/s1. The summed E-state index contributed by atoms with van der Waals surface area (Å²) in [6, 6.07) is 0. The van der Waals surface area contributed by atoms with E-state index in [0.29, 0.717) is 18.4 Å². The molecule has 0 bridgehead atoms. The first-order chi connectivity index (χ1) is 11.6. The van der Waals surface area contributed by atoms with Gasteiger partial charge in [-0.25, -0.2) is 0 Å². The second-order valence-corrected chi connectivity index (χ2v) is 7.19. The van der Waals surface area contributed by atoms with Crippen molar-refractivity contribution in [3.8, 4) is 0 Å². The molecule has 2 fully saturated rings. The minimum absolute atomic E-state index is 0.252. The maximum atomic E-state index is 5.59. The van der Waals surface area contributed by atoms with Crippen molar-refractivity contribution in [3.05, 3.63) is 29.2 Å². The Morgan fingerprint density at radius 3 is 2.83 bits per heavy atom. The second kappa shape index (κ2) is 6.29. The molecular formula is C17H25N5O2. The van der Waals surface area contributed by atoms with Crippen LogP contribution in [0.15, 0.2) is 10.7 Å². The van der Waals surface area contributed by atoms with Gasteiger partial charge in [-0.1, -0.05) is 5.16 Å². The number of likely N-dealkylation sites (tertiary alicyclic amines) is 1. The summed E-state index contributed by atoms with van der Waals surface area (Å²) >= 11 is 0. The Kier molecular flexibility index (Phi) is 4.14. The molecule has 1 saturated carbocycles. The van der Waals surface area contributed by atoms with Gasteiger partial charge in [-0.15, -0.1) is 0 Å².